The molecule has 1 heterocycles. The lowest BCUT2D eigenvalue weighted by Gasteiger charge is -2.16. The van der Waals surface area contributed by atoms with Gasteiger partial charge in [-0.05, 0) is 12.5 Å². The number of benzene rings is 1. The van der Waals surface area contributed by atoms with Crippen molar-refractivity contribution in [2.45, 2.75) is 23.0 Å². The summed E-state index contributed by atoms with van der Waals surface area (Å²) in [6, 6.07) is 3.58. The molecular formula is C12H10Cl3N3O4S. The Morgan fingerprint density at radius 2 is 1.96 bits per heavy atom. The number of aromatic nitrogens is 2. The first-order valence-electron chi connectivity index (χ1n) is 6.36. The van der Waals surface area contributed by atoms with Gasteiger partial charge in [-0.3, -0.25) is 19.5 Å². The lowest BCUT2D eigenvalue weighted by molar-refractivity contribution is -0.384. The third-order valence-electron chi connectivity index (χ3n) is 2.93. The molecule has 0 atom stereocenters. The Bertz CT molecular complexity index is 888. The van der Waals surface area contributed by atoms with Crippen LogP contribution in [0.4, 0.5) is 5.69 Å². The van der Waals surface area contributed by atoms with E-state index in [1.807, 2.05) is 0 Å². The summed E-state index contributed by atoms with van der Waals surface area (Å²) in [4.78, 5) is 35.2. The summed E-state index contributed by atoms with van der Waals surface area (Å²) in [6.07, 6.45) is 0.522. The van der Waals surface area contributed by atoms with Crippen molar-refractivity contribution in [2.75, 3.05) is 0 Å². The number of halogens is 3. The quantitative estimate of drug-likeness (QED) is 0.448. The van der Waals surface area contributed by atoms with Gasteiger partial charge in [-0.1, -0.05) is 41.7 Å². The molecule has 0 bridgehead atoms. The van der Waals surface area contributed by atoms with Gasteiger partial charge >= 0.3 is 5.69 Å². The van der Waals surface area contributed by atoms with E-state index >= 15 is 0 Å². The van der Waals surface area contributed by atoms with Crippen molar-refractivity contribution >= 4 is 63.3 Å². The standard InChI is InChI=1S/C12H10Cl3N3O4S/c1-2-5-16-10(19)8-6-7(18(21)22)3-4-9(8)17(11(16)20)23-12(13,14)15/h3-4,6H,2,5H2,1H3. The summed E-state index contributed by atoms with van der Waals surface area (Å²) >= 11 is 17.8. The maximum absolute atomic E-state index is 12.5. The Labute approximate surface area is 149 Å². The van der Waals surface area contributed by atoms with Crippen molar-refractivity contribution in [3.05, 3.63) is 49.2 Å². The Kier molecular flexibility index (Phi) is 5.30. The first-order valence-corrected chi connectivity index (χ1v) is 8.26. The van der Waals surface area contributed by atoms with Gasteiger partial charge in [-0.2, -0.15) is 0 Å². The number of nitro groups is 1. The molecule has 1 aromatic heterocycles. The predicted octanol–water partition coefficient (Wildman–Crippen LogP) is 3.31. The second kappa shape index (κ2) is 6.72. The highest BCUT2D eigenvalue weighted by Gasteiger charge is 2.26. The maximum Gasteiger partial charge on any atom is 0.341 e. The topological polar surface area (TPSA) is 87.1 Å². The zero-order valence-corrected chi connectivity index (χ0v) is 14.7. The van der Waals surface area contributed by atoms with Gasteiger partial charge in [0.1, 0.15) is 0 Å². The van der Waals surface area contributed by atoms with E-state index in [9.17, 15) is 19.7 Å². The fourth-order valence-electron chi connectivity index (χ4n) is 2.04. The van der Waals surface area contributed by atoms with Gasteiger partial charge in [-0.25, -0.2) is 8.77 Å². The summed E-state index contributed by atoms with van der Waals surface area (Å²) < 4.78 is 0.186. The molecule has 0 N–H and O–H groups in total. The monoisotopic (exact) mass is 397 g/mol. The predicted molar refractivity (Wildman–Crippen MR) is 92.7 cm³/mol. The smallest absolute Gasteiger partial charge is 0.268 e. The molecule has 2 rings (SSSR count). The number of nitrogens with zero attached hydrogens (tertiary/aromatic N) is 3. The van der Waals surface area contributed by atoms with Crippen LogP contribution in [-0.2, 0) is 6.54 Å². The lowest BCUT2D eigenvalue weighted by atomic mass is 10.2. The molecule has 23 heavy (non-hydrogen) atoms. The van der Waals surface area contributed by atoms with Gasteiger partial charge in [-0.15, -0.1) is 0 Å². The molecule has 124 valence electrons. The highest BCUT2D eigenvalue weighted by molar-refractivity contribution is 8.03. The fraction of sp³-hybridized carbons (Fsp3) is 0.333. The van der Waals surface area contributed by atoms with Crippen molar-refractivity contribution < 1.29 is 4.92 Å². The van der Waals surface area contributed by atoms with E-state index in [2.05, 4.69) is 0 Å². The van der Waals surface area contributed by atoms with Crippen LogP contribution < -0.4 is 11.2 Å². The second-order valence-electron chi connectivity index (χ2n) is 4.53. The summed E-state index contributed by atoms with van der Waals surface area (Å²) in [7, 11) is 0. The minimum Gasteiger partial charge on any atom is -0.268 e. The molecule has 0 saturated heterocycles. The summed E-state index contributed by atoms with van der Waals surface area (Å²) in [5.74, 6) is 0. The van der Waals surface area contributed by atoms with E-state index in [-0.39, 0.29) is 23.1 Å². The Balaban J connectivity index is 2.89. The highest BCUT2D eigenvalue weighted by Crippen LogP contribution is 2.40. The van der Waals surface area contributed by atoms with Gasteiger partial charge in [0.2, 0.25) is 0 Å². The average Bonchev–Trinajstić information content (AvgIpc) is 2.46. The van der Waals surface area contributed by atoms with E-state index in [1.165, 1.54) is 12.1 Å². The first-order chi connectivity index (χ1) is 10.7. The summed E-state index contributed by atoms with van der Waals surface area (Å²) in [6.45, 7) is 1.94. The van der Waals surface area contributed by atoms with Crippen LogP contribution in [0.3, 0.4) is 0 Å². The number of alkyl halides is 3. The number of non-ortho nitro benzene ring substituents is 1. The van der Waals surface area contributed by atoms with Crippen LogP contribution in [0.25, 0.3) is 10.9 Å². The molecule has 0 aliphatic heterocycles. The summed E-state index contributed by atoms with van der Waals surface area (Å²) in [5.41, 5.74) is -1.39. The highest BCUT2D eigenvalue weighted by atomic mass is 35.6. The van der Waals surface area contributed by atoms with Crippen molar-refractivity contribution in [1.82, 2.24) is 8.54 Å². The van der Waals surface area contributed by atoms with E-state index in [0.717, 1.165) is 14.6 Å². The SMILES string of the molecule is CCCn1c(=O)c2cc([N+](=O)[O-])ccc2n(SC(Cl)(Cl)Cl)c1=O. The lowest BCUT2D eigenvalue weighted by Crippen LogP contribution is -2.39. The number of hydrogen-bond acceptors (Lipinski definition) is 5. The zero-order chi connectivity index (χ0) is 17.4. The Morgan fingerprint density at radius 1 is 1.30 bits per heavy atom. The molecular weight excluding hydrogens is 389 g/mol. The molecule has 0 aliphatic carbocycles. The van der Waals surface area contributed by atoms with Crippen molar-refractivity contribution in [2.24, 2.45) is 0 Å². The van der Waals surface area contributed by atoms with Crippen LogP contribution in [-0.4, -0.2) is 16.6 Å². The number of hydrogen-bond donors (Lipinski definition) is 0. The van der Waals surface area contributed by atoms with Crippen LogP contribution in [0, 0.1) is 10.1 Å². The Morgan fingerprint density at radius 3 is 2.48 bits per heavy atom. The molecule has 0 unspecified atom stereocenters. The van der Waals surface area contributed by atoms with Crippen LogP contribution in [0.2, 0.25) is 0 Å². The van der Waals surface area contributed by atoms with Crippen LogP contribution in [0.5, 0.6) is 0 Å². The van der Waals surface area contributed by atoms with E-state index in [4.69, 9.17) is 34.8 Å². The molecule has 11 heteroatoms. The average molecular weight is 399 g/mol. The van der Waals surface area contributed by atoms with Gasteiger partial charge < -0.3 is 0 Å². The van der Waals surface area contributed by atoms with E-state index < -0.39 is 19.3 Å². The molecule has 0 radical (unpaired) electrons. The van der Waals surface area contributed by atoms with Crippen molar-refractivity contribution in [3.8, 4) is 0 Å². The molecule has 7 nitrogen and oxygen atoms in total. The summed E-state index contributed by atoms with van der Waals surface area (Å²) in [5, 5.41) is 10.9. The molecule has 1 aromatic carbocycles. The van der Waals surface area contributed by atoms with Gasteiger partial charge in [0.15, 0.2) is 0 Å². The van der Waals surface area contributed by atoms with Gasteiger partial charge in [0, 0.05) is 30.6 Å². The third-order valence-corrected chi connectivity index (χ3v) is 4.30. The number of rotatable bonds is 4. The minimum absolute atomic E-state index is 0.00833. The van der Waals surface area contributed by atoms with Gasteiger partial charge in [0.25, 0.3) is 14.4 Å². The van der Waals surface area contributed by atoms with Crippen molar-refractivity contribution in [1.29, 1.82) is 0 Å². The zero-order valence-electron chi connectivity index (χ0n) is 11.7. The Hall–Kier alpha value is -1.22. The normalized spacial score (nSPS) is 11.8. The van der Waals surface area contributed by atoms with Crippen LogP contribution >= 0.6 is 46.8 Å². The number of nitro benzene ring substituents is 1. The molecule has 0 aliphatic rings. The maximum atomic E-state index is 12.5. The molecule has 0 spiro atoms. The second-order valence-corrected chi connectivity index (χ2v) is 8.64. The van der Waals surface area contributed by atoms with E-state index in [0.29, 0.717) is 18.4 Å². The molecule has 0 saturated carbocycles. The minimum atomic E-state index is -1.84. The third kappa shape index (κ3) is 3.82. The molecule has 0 fully saturated rings. The van der Waals surface area contributed by atoms with Crippen LogP contribution in [0.15, 0.2) is 27.8 Å². The molecule has 2 aromatic rings. The first kappa shape index (κ1) is 18.1. The van der Waals surface area contributed by atoms with Gasteiger partial charge in [0.05, 0.1) is 15.8 Å². The molecule has 0 amide bonds. The largest absolute Gasteiger partial charge is 0.341 e. The van der Waals surface area contributed by atoms with Crippen molar-refractivity contribution in [3.63, 3.8) is 0 Å². The van der Waals surface area contributed by atoms with E-state index in [1.54, 1.807) is 6.92 Å². The fourth-order valence-corrected chi connectivity index (χ4v) is 3.31. The number of fused-ring (bicyclic) bond motifs is 1. The van der Waals surface area contributed by atoms with Crippen LogP contribution in [0.1, 0.15) is 13.3 Å².